The molecule has 1 N–H and O–H groups in total. The molecule has 0 spiro atoms. The summed E-state index contributed by atoms with van der Waals surface area (Å²) in [5.74, 6) is 0.0516. The number of allylic oxidation sites excluding steroid dienone is 1. The fraction of sp³-hybridized carbons (Fsp3) is 0.222. The Morgan fingerprint density at radius 3 is 2.95 bits per heavy atom. The second kappa shape index (κ2) is 8.62. The average Bonchev–Trinajstić information content (AvgIpc) is 2.54. The number of hydrogen-bond acceptors (Lipinski definition) is 3. The number of pyridine rings is 1. The molecule has 0 aliphatic heterocycles. The number of carbonyl (C=O) groups is 1. The number of carboxylic acid groups (broad SMARTS) is 1. The second-order valence-corrected chi connectivity index (χ2v) is 4.91. The molecule has 0 unspecified atom stereocenters. The molecule has 1 aromatic carbocycles. The summed E-state index contributed by atoms with van der Waals surface area (Å²) in [5.41, 5.74) is 2.07. The molecule has 1 aromatic heterocycles. The number of rotatable bonds is 8. The van der Waals surface area contributed by atoms with Gasteiger partial charge in [-0.05, 0) is 36.6 Å². The van der Waals surface area contributed by atoms with Gasteiger partial charge < -0.3 is 9.84 Å². The smallest absolute Gasteiger partial charge is 0.303 e. The van der Waals surface area contributed by atoms with Crippen LogP contribution in [-0.2, 0) is 11.4 Å². The van der Waals surface area contributed by atoms with Gasteiger partial charge in [0.05, 0.1) is 0 Å². The van der Waals surface area contributed by atoms with Crippen LogP contribution < -0.4 is 4.74 Å². The van der Waals surface area contributed by atoms with E-state index in [2.05, 4.69) is 4.98 Å². The molecule has 0 saturated heterocycles. The predicted molar refractivity (Wildman–Crippen MR) is 85.5 cm³/mol. The van der Waals surface area contributed by atoms with E-state index in [0.717, 1.165) is 23.3 Å². The van der Waals surface area contributed by atoms with E-state index >= 15 is 0 Å². The van der Waals surface area contributed by atoms with Gasteiger partial charge in [-0.2, -0.15) is 0 Å². The van der Waals surface area contributed by atoms with E-state index in [1.54, 1.807) is 12.4 Å². The van der Waals surface area contributed by atoms with Crippen molar-refractivity contribution >= 4 is 12.0 Å². The van der Waals surface area contributed by atoms with Crippen LogP contribution >= 0.6 is 0 Å². The largest absolute Gasteiger partial charge is 0.489 e. The summed E-state index contributed by atoms with van der Waals surface area (Å²) in [7, 11) is 0. The van der Waals surface area contributed by atoms with E-state index in [1.165, 1.54) is 0 Å². The van der Waals surface area contributed by atoms with E-state index in [9.17, 15) is 4.79 Å². The van der Waals surface area contributed by atoms with Gasteiger partial charge >= 0.3 is 5.97 Å². The van der Waals surface area contributed by atoms with Crippen molar-refractivity contribution in [2.45, 2.75) is 25.9 Å². The van der Waals surface area contributed by atoms with Gasteiger partial charge in [0.15, 0.2) is 0 Å². The number of ether oxygens (including phenoxy) is 1. The van der Waals surface area contributed by atoms with Crippen LogP contribution in [0, 0.1) is 0 Å². The minimum absolute atomic E-state index is 0.207. The lowest BCUT2D eigenvalue weighted by Gasteiger charge is -2.06. The molecule has 1 heterocycles. The van der Waals surface area contributed by atoms with Gasteiger partial charge in [-0.15, -0.1) is 0 Å². The lowest BCUT2D eigenvalue weighted by atomic mass is 10.1. The monoisotopic (exact) mass is 297 g/mol. The van der Waals surface area contributed by atoms with Crippen molar-refractivity contribution < 1.29 is 14.6 Å². The maximum absolute atomic E-state index is 10.4. The Morgan fingerprint density at radius 1 is 1.27 bits per heavy atom. The molecule has 2 rings (SSSR count). The van der Waals surface area contributed by atoms with Crippen molar-refractivity contribution in [2.24, 2.45) is 0 Å². The predicted octanol–water partition coefficient (Wildman–Crippen LogP) is 3.93. The normalized spacial score (nSPS) is 10.7. The number of aromatic nitrogens is 1. The van der Waals surface area contributed by atoms with E-state index < -0.39 is 5.97 Å². The highest BCUT2D eigenvalue weighted by atomic mass is 16.5. The second-order valence-electron chi connectivity index (χ2n) is 4.91. The van der Waals surface area contributed by atoms with Gasteiger partial charge in [-0.3, -0.25) is 9.78 Å². The lowest BCUT2D eigenvalue weighted by Crippen LogP contribution is -1.95. The van der Waals surface area contributed by atoms with Crippen molar-refractivity contribution in [1.82, 2.24) is 4.98 Å². The lowest BCUT2D eigenvalue weighted by molar-refractivity contribution is -0.137. The first-order chi connectivity index (χ1) is 10.7. The molecule has 0 atom stereocenters. The summed E-state index contributed by atoms with van der Waals surface area (Å²) in [4.78, 5) is 14.5. The van der Waals surface area contributed by atoms with Gasteiger partial charge in [-0.1, -0.05) is 30.4 Å². The molecule has 0 radical (unpaired) electrons. The minimum atomic E-state index is -0.751. The van der Waals surface area contributed by atoms with E-state index in [-0.39, 0.29) is 6.42 Å². The highest BCUT2D eigenvalue weighted by molar-refractivity contribution is 5.66. The summed E-state index contributed by atoms with van der Waals surface area (Å²) in [6.45, 7) is 0.486. The van der Waals surface area contributed by atoms with Crippen LogP contribution in [0.4, 0.5) is 0 Å². The average molecular weight is 297 g/mol. The maximum atomic E-state index is 10.4. The van der Waals surface area contributed by atoms with Crippen molar-refractivity contribution in [3.8, 4) is 5.75 Å². The Labute approximate surface area is 130 Å². The number of hydrogen-bond donors (Lipinski definition) is 1. The van der Waals surface area contributed by atoms with Crippen LogP contribution in [0.25, 0.3) is 6.08 Å². The van der Waals surface area contributed by atoms with Crippen molar-refractivity contribution in [2.75, 3.05) is 0 Å². The number of carboxylic acids is 1. The Bertz CT molecular complexity index is 623. The molecule has 4 nitrogen and oxygen atoms in total. The number of aliphatic carboxylic acids is 1. The van der Waals surface area contributed by atoms with Crippen molar-refractivity contribution in [3.05, 3.63) is 66.0 Å². The summed E-state index contributed by atoms with van der Waals surface area (Å²) in [6.07, 6.45) is 9.11. The van der Waals surface area contributed by atoms with Crippen LogP contribution in [0.1, 0.15) is 30.4 Å². The summed E-state index contributed by atoms with van der Waals surface area (Å²) in [6, 6.07) is 11.7. The third kappa shape index (κ3) is 5.79. The number of benzene rings is 1. The Hall–Kier alpha value is -2.62. The zero-order chi connectivity index (χ0) is 15.6. The van der Waals surface area contributed by atoms with Crippen LogP contribution in [0.3, 0.4) is 0 Å². The summed E-state index contributed by atoms with van der Waals surface area (Å²) in [5, 5.41) is 8.57. The van der Waals surface area contributed by atoms with Crippen LogP contribution in [0.2, 0.25) is 0 Å². The van der Waals surface area contributed by atoms with E-state index in [0.29, 0.717) is 13.0 Å². The fourth-order valence-electron chi connectivity index (χ4n) is 1.95. The Balaban J connectivity index is 1.84. The Kier molecular flexibility index (Phi) is 6.18. The molecular weight excluding hydrogens is 278 g/mol. The zero-order valence-electron chi connectivity index (χ0n) is 12.3. The molecule has 4 heteroatoms. The molecule has 22 heavy (non-hydrogen) atoms. The highest BCUT2D eigenvalue weighted by Crippen LogP contribution is 2.16. The van der Waals surface area contributed by atoms with E-state index in [4.69, 9.17) is 9.84 Å². The quantitative estimate of drug-likeness (QED) is 0.750. The van der Waals surface area contributed by atoms with Crippen LogP contribution in [0.15, 0.2) is 54.9 Å². The molecular formula is C18H19NO3. The molecule has 114 valence electrons. The minimum Gasteiger partial charge on any atom is -0.489 e. The van der Waals surface area contributed by atoms with Gasteiger partial charge in [0.1, 0.15) is 12.4 Å². The first-order valence-electron chi connectivity index (χ1n) is 7.24. The number of nitrogens with zero attached hydrogens (tertiary/aromatic N) is 1. The highest BCUT2D eigenvalue weighted by Gasteiger charge is 1.97. The third-order valence-electron chi connectivity index (χ3n) is 3.06. The molecule has 0 aliphatic carbocycles. The molecule has 2 aromatic rings. The zero-order valence-corrected chi connectivity index (χ0v) is 12.3. The first kappa shape index (κ1) is 15.8. The maximum Gasteiger partial charge on any atom is 0.303 e. The fourth-order valence-corrected chi connectivity index (χ4v) is 1.95. The number of unbranched alkanes of at least 4 members (excludes halogenated alkanes) is 1. The molecule has 0 bridgehead atoms. The van der Waals surface area contributed by atoms with Crippen LogP contribution in [-0.4, -0.2) is 16.1 Å². The topological polar surface area (TPSA) is 59.4 Å². The van der Waals surface area contributed by atoms with Crippen LogP contribution in [0.5, 0.6) is 5.75 Å². The standard InChI is InChI=1S/C18H19NO3/c20-18(21)10-3-1-2-6-15-7-4-9-17(12-15)22-14-16-8-5-11-19-13-16/h2,4-9,11-13H,1,3,10,14H2,(H,20,21). The van der Waals surface area contributed by atoms with Gasteiger partial charge in [0.2, 0.25) is 0 Å². The van der Waals surface area contributed by atoms with Gasteiger partial charge in [-0.25, -0.2) is 0 Å². The molecule has 0 amide bonds. The molecule has 0 aliphatic rings. The van der Waals surface area contributed by atoms with E-state index in [1.807, 2.05) is 48.6 Å². The summed E-state index contributed by atoms with van der Waals surface area (Å²) < 4.78 is 5.74. The van der Waals surface area contributed by atoms with Crippen molar-refractivity contribution in [1.29, 1.82) is 0 Å². The summed E-state index contributed by atoms with van der Waals surface area (Å²) >= 11 is 0. The van der Waals surface area contributed by atoms with Gasteiger partial charge in [0, 0.05) is 24.4 Å². The SMILES string of the molecule is O=C(O)CCCC=Cc1cccc(OCc2cccnc2)c1. The Morgan fingerprint density at radius 2 is 2.18 bits per heavy atom. The molecule has 0 fully saturated rings. The third-order valence-corrected chi connectivity index (χ3v) is 3.06. The molecule has 0 saturated carbocycles. The van der Waals surface area contributed by atoms with Crippen molar-refractivity contribution in [3.63, 3.8) is 0 Å². The first-order valence-corrected chi connectivity index (χ1v) is 7.24. The van der Waals surface area contributed by atoms with Gasteiger partial charge in [0.25, 0.3) is 0 Å².